The van der Waals surface area contributed by atoms with Crippen molar-refractivity contribution in [1.29, 1.82) is 0 Å². The molecule has 156 valence electrons. The Morgan fingerprint density at radius 1 is 1.03 bits per heavy atom. The van der Waals surface area contributed by atoms with Crippen molar-refractivity contribution in [3.05, 3.63) is 70.2 Å². The summed E-state index contributed by atoms with van der Waals surface area (Å²) in [6, 6.07) is 14.8. The minimum absolute atomic E-state index is 0.0743. The minimum Gasteiger partial charge on any atom is -0.459 e. The molecule has 2 aromatic rings. The van der Waals surface area contributed by atoms with E-state index in [2.05, 4.69) is 6.92 Å². The van der Waals surface area contributed by atoms with E-state index in [1.54, 1.807) is 24.3 Å². The van der Waals surface area contributed by atoms with Crippen molar-refractivity contribution in [2.45, 2.75) is 58.0 Å². The Morgan fingerprint density at radius 2 is 1.59 bits per heavy atom. The molecule has 29 heavy (non-hydrogen) atoms. The third-order valence-electron chi connectivity index (χ3n) is 4.67. The second-order valence-corrected chi connectivity index (χ2v) is 8.53. The molecule has 0 bridgehead atoms. The van der Waals surface area contributed by atoms with Gasteiger partial charge in [-0.3, -0.25) is 4.79 Å². The summed E-state index contributed by atoms with van der Waals surface area (Å²) in [5.41, 5.74) is 1.89. The SMILES string of the molecule is CCCC(c1ccc(C(=[OH+])OC)cc1)C(C(=O)OC(C)(C)C)c1ccc(Cl)cc1. The monoisotopic (exact) mass is 417 g/mol. The average Bonchev–Trinajstić information content (AvgIpc) is 2.67. The van der Waals surface area contributed by atoms with Crippen LogP contribution in [-0.2, 0) is 14.3 Å². The van der Waals surface area contributed by atoms with Crippen LogP contribution in [0.5, 0.6) is 0 Å². The van der Waals surface area contributed by atoms with Crippen molar-refractivity contribution in [2.75, 3.05) is 7.11 Å². The Bertz CT molecular complexity index is 819. The Hall–Kier alpha value is -2.33. The third kappa shape index (κ3) is 6.33. The summed E-state index contributed by atoms with van der Waals surface area (Å²) in [5.74, 6) is -0.925. The number of benzene rings is 2. The fourth-order valence-electron chi connectivity index (χ4n) is 3.40. The van der Waals surface area contributed by atoms with Crippen molar-refractivity contribution >= 4 is 23.5 Å². The fourth-order valence-corrected chi connectivity index (χ4v) is 3.52. The van der Waals surface area contributed by atoms with Crippen LogP contribution in [0.2, 0.25) is 5.02 Å². The zero-order chi connectivity index (χ0) is 21.6. The zero-order valence-corrected chi connectivity index (χ0v) is 18.5. The first kappa shape index (κ1) is 23.0. The summed E-state index contributed by atoms with van der Waals surface area (Å²) in [5, 5.41) is 0.624. The van der Waals surface area contributed by atoms with E-state index in [1.807, 2.05) is 45.0 Å². The van der Waals surface area contributed by atoms with E-state index in [0.29, 0.717) is 10.6 Å². The van der Waals surface area contributed by atoms with Crippen molar-refractivity contribution in [3.63, 3.8) is 0 Å². The van der Waals surface area contributed by atoms with Crippen LogP contribution in [0.15, 0.2) is 48.5 Å². The van der Waals surface area contributed by atoms with Crippen molar-refractivity contribution in [2.24, 2.45) is 0 Å². The number of ether oxygens (including phenoxy) is 2. The number of rotatable bonds is 7. The summed E-state index contributed by atoms with van der Waals surface area (Å²) in [7, 11) is 1.42. The number of carbonyl (C=O) groups excluding carboxylic acids is 2. The van der Waals surface area contributed by atoms with Gasteiger partial charge >= 0.3 is 11.9 Å². The van der Waals surface area contributed by atoms with Crippen LogP contribution >= 0.6 is 11.6 Å². The molecule has 2 rings (SSSR count). The molecule has 0 spiro atoms. The highest BCUT2D eigenvalue weighted by atomic mass is 35.5. The fraction of sp³-hybridized carbons (Fsp3) is 0.417. The van der Waals surface area contributed by atoms with Gasteiger partial charge in [0.15, 0.2) is 7.11 Å². The average molecular weight is 418 g/mol. The van der Waals surface area contributed by atoms with E-state index in [4.69, 9.17) is 21.1 Å². The molecule has 0 aliphatic carbocycles. The summed E-state index contributed by atoms with van der Waals surface area (Å²) >= 11 is 6.07. The molecule has 0 aliphatic heterocycles. The quantitative estimate of drug-likeness (QED) is 0.419. The predicted molar refractivity (Wildman–Crippen MR) is 117 cm³/mol. The van der Waals surface area contributed by atoms with Crippen LogP contribution in [0.25, 0.3) is 0 Å². The molecule has 5 heteroatoms. The number of hydrogen-bond donors (Lipinski definition) is 0. The van der Waals surface area contributed by atoms with Crippen LogP contribution in [0.4, 0.5) is 0 Å². The van der Waals surface area contributed by atoms with Gasteiger partial charge in [-0.15, -0.1) is 0 Å². The highest BCUT2D eigenvalue weighted by molar-refractivity contribution is 6.30. The topological polar surface area (TPSA) is 56.9 Å². The Morgan fingerprint density at radius 3 is 2.07 bits per heavy atom. The van der Waals surface area contributed by atoms with Crippen molar-refractivity contribution in [3.8, 4) is 0 Å². The molecule has 2 aromatic carbocycles. The van der Waals surface area contributed by atoms with Crippen LogP contribution in [-0.4, -0.2) is 29.4 Å². The lowest BCUT2D eigenvalue weighted by Gasteiger charge is -2.30. The first-order chi connectivity index (χ1) is 13.7. The van der Waals surface area contributed by atoms with Gasteiger partial charge in [0.25, 0.3) is 0 Å². The molecular weight excluding hydrogens is 388 g/mol. The number of esters is 2. The minimum atomic E-state index is -0.582. The van der Waals surface area contributed by atoms with Crippen LogP contribution < -0.4 is 0 Å². The lowest BCUT2D eigenvalue weighted by atomic mass is 9.78. The van der Waals surface area contributed by atoms with Gasteiger partial charge in [0.2, 0.25) is 0 Å². The molecule has 1 N–H and O–H groups in total. The number of hydrogen-bond acceptors (Lipinski definition) is 3. The van der Waals surface area contributed by atoms with Gasteiger partial charge in [0, 0.05) is 10.9 Å². The largest absolute Gasteiger partial charge is 0.517 e. The van der Waals surface area contributed by atoms with Crippen molar-refractivity contribution in [1.82, 2.24) is 0 Å². The highest BCUT2D eigenvalue weighted by Gasteiger charge is 2.34. The van der Waals surface area contributed by atoms with E-state index < -0.39 is 11.5 Å². The van der Waals surface area contributed by atoms with Crippen LogP contribution in [0.1, 0.15) is 69.1 Å². The lowest BCUT2D eigenvalue weighted by Crippen LogP contribution is -2.30. The Kier molecular flexibility index (Phi) is 7.86. The maximum Gasteiger partial charge on any atom is 0.517 e. The zero-order valence-electron chi connectivity index (χ0n) is 17.7. The number of carbonyl (C=O) groups is 1. The molecule has 0 aliphatic rings. The smallest absolute Gasteiger partial charge is 0.459 e. The summed E-state index contributed by atoms with van der Waals surface area (Å²) in [6.45, 7) is 7.71. The third-order valence-corrected chi connectivity index (χ3v) is 4.92. The molecule has 0 heterocycles. The maximum absolute atomic E-state index is 13.2. The van der Waals surface area contributed by atoms with Gasteiger partial charge in [-0.05, 0) is 62.6 Å². The Balaban J connectivity index is 2.49. The summed E-state index contributed by atoms with van der Waals surface area (Å²) in [6.07, 6.45) is 1.72. The van der Waals surface area contributed by atoms with Crippen LogP contribution in [0, 0.1) is 0 Å². The molecule has 0 amide bonds. The molecule has 2 unspecified atom stereocenters. The number of halogens is 1. The van der Waals surface area contributed by atoms with Gasteiger partial charge in [0.1, 0.15) is 11.2 Å². The van der Waals surface area contributed by atoms with E-state index in [-0.39, 0.29) is 17.9 Å². The molecule has 4 nitrogen and oxygen atoms in total. The van der Waals surface area contributed by atoms with E-state index in [0.717, 1.165) is 24.0 Å². The van der Waals surface area contributed by atoms with E-state index >= 15 is 0 Å². The van der Waals surface area contributed by atoms with Crippen LogP contribution in [0.3, 0.4) is 0 Å². The maximum atomic E-state index is 13.2. The second kappa shape index (κ2) is 9.93. The van der Waals surface area contributed by atoms with Gasteiger partial charge in [-0.25, -0.2) is 0 Å². The lowest BCUT2D eigenvalue weighted by molar-refractivity contribution is -0.157. The Labute approximate surface area is 178 Å². The number of methoxy groups -OCH3 is 1. The molecule has 0 radical (unpaired) electrons. The second-order valence-electron chi connectivity index (χ2n) is 8.09. The van der Waals surface area contributed by atoms with E-state index in [9.17, 15) is 9.59 Å². The normalized spacial score (nSPS) is 13.4. The first-order valence-corrected chi connectivity index (χ1v) is 10.2. The summed E-state index contributed by atoms with van der Waals surface area (Å²) in [4.78, 5) is 23.0. The molecule has 2 atom stereocenters. The van der Waals surface area contributed by atoms with Crippen molar-refractivity contribution < 1.29 is 19.1 Å². The highest BCUT2D eigenvalue weighted by Crippen LogP contribution is 2.39. The van der Waals surface area contributed by atoms with Gasteiger partial charge < -0.3 is 14.3 Å². The first-order valence-electron chi connectivity index (χ1n) is 9.84. The molecule has 0 saturated carbocycles. The molecular formula is C24H30ClO4+. The predicted octanol–water partition coefficient (Wildman–Crippen LogP) is 5.85. The molecule has 0 fully saturated rings. The van der Waals surface area contributed by atoms with Gasteiger partial charge in [-0.1, -0.05) is 49.2 Å². The van der Waals surface area contributed by atoms with Gasteiger partial charge in [0.05, 0.1) is 5.92 Å². The standard InChI is InChI=1S/C24H29ClO4/c1-6-7-20(16-8-10-18(11-9-16)22(26)28-5)21(23(27)29-24(2,3)4)17-12-14-19(25)15-13-17/h8-15,20-21H,6-7H2,1-5H3/p+1. The summed E-state index contributed by atoms with van der Waals surface area (Å²) < 4.78 is 10.7. The molecule has 0 saturated heterocycles. The van der Waals surface area contributed by atoms with Gasteiger partial charge in [-0.2, -0.15) is 0 Å². The van der Waals surface area contributed by atoms with E-state index in [1.165, 1.54) is 7.11 Å². The molecule has 0 aromatic heterocycles.